The molecule has 0 bridgehead atoms. The number of ether oxygens (including phenoxy) is 1. The van der Waals surface area contributed by atoms with Gasteiger partial charge in [0.05, 0.1) is 12.2 Å². The summed E-state index contributed by atoms with van der Waals surface area (Å²) in [7, 11) is 0. The van der Waals surface area contributed by atoms with Crippen molar-refractivity contribution < 1.29 is 4.74 Å². The van der Waals surface area contributed by atoms with Crippen molar-refractivity contribution in [1.82, 2.24) is 4.90 Å². The summed E-state index contributed by atoms with van der Waals surface area (Å²) in [6.07, 6.45) is 4.85. The first-order valence-corrected chi connectivity index (χ1v) is 4.95. The first kappa shape index (κ1) is 10.7. The fourth-order valence-electron chi connectivity index (χ4n) is 1.75. The second-order valence-electron chi connectivity index (χ2n) is 3.68. The lowest BCUT2D eigenvalue weighted by Gasteiger charge is -2.34. The fraction of sp³-hybridized carbons (Fsp3) is 0.800. The number of nitrogens with two attached hydrogens (primary N) is 1. The summed E-state index contributed by atoms with van der Waals surface area (Å²) in [5.41, 5.74) is 5.37. The van der Waals surface area contributed by atoms with Crippen LogP contribution in [0.3, 0.4) is 0 Å². The Morgan fingerprint density at radius 2 is 1.92 bits per heavy atom. The van der Waals surface area contributed by atoms with Crippen molar-refractivity contribution in [3.63, 3.8) is 0 Å². The van der Waals surface area contributed by atoms with Gasteiger partial charge in [-0.05, 0) is 13.8 Å². The molecule has 1 heterocycles. The van der Waals surface area contributed by atoms with Crippen LogP contribution < -0.4 is 5.73 Å². The Morgan fingerprint density at radius 3 is 2.46 bits per heavy atom. The average molecular weight is 184 g/mol. The maximum Gasteiger partial charge on any atom is 0.0678 e. The van der Waals surface area contributed by atoms with Gasteiger partial charge in [0.15, 0.2) is 0 Å². The van der Waals surface area contributed by atoms with Crippen LogP contribution in [0.15, 0.2) is 12.2 Å². The van der Waals surface area contributed by atoms with Gasteiger partial charge in [-0.1, -0.05) is 12.2 Å². The van der Waals surface area contributed by atoms with Crippen LogP contribution in [0.5, 0.6) is 0 Å². The Balaban J connectivity index is 2.28. The molecule has 0 amide bonds. The van der Waals surface area contributed by atoms with Crippen LogP contribution in [-0.4, -0.2) is 43.3 Å². The lowest BCUT2D eigenvalue weighted by Crippen LogP contribution is -2.45. The van der Waals surface area contributed by atoms with E-state index < -0.39 is 0 Å². The minimum atomic E-state index is 0.357. The van der Waals surface area contributed by atoms with Crippen LogP contribution in [0.4, 0.5) is 0 Å². The standard InChI is InChI=1S/C10H20N2O/c1-9-7-12(6-4-3-5-11)8-10(2)13-9/h3-4,9-10H,5-8,11H2,1-2H3/b4-3+/t9-,10+. The van der Waals surface area contributed by atoms with Crippen molar-refractivity contribution in [2.24, 2.45) is 5.73 Å². The highest BCUT2D eigenvalue weighted by Gasteiger charge is 2.20. The summed E-state index contributed by atoms with van der Waals surface area (Å²) >= 11 is 0. The number of rotatable bonds is 3. The molecule has 76 valence electrons. The van der Waals surface area contributed by atoms with Gasteiger partial charge < -0.3 is 10.5 Å². The Labute approximate surface area is 80.5 Å². The van der Waals surface area contributed by atoms with Crippen molar-refractivity contribution >= 4 is 0 Å². The van der Waals surface area contributed by atoms with E-state index in [9.17, 15) is 0 Å². The van der Waals surface area contributed by atoms with Gasteiger partial charge in [0, 0.05) is 26.2 Å². The first-order chi connectivity index (χ1) is 6.22. The molecule has 2 atom stereocenters. The molecule has 2 N–H and O–H groups in total. The summed E-state index contributed by atoms with van der Waals surface area (Å²) in [6.45, 7) is 7.92. The number of morpholine rings is 1. The van der Waals surface area contributed by atoms with Crippen LogP contribution >= 0.6 is 0 Å². The maximum atomic E-state index is 5.63. The monoisotopic (exact) mass is 184 g/mol. The zero-order chi connectivity index (χ0) is 9.68. The summed E-state index contributed by atoms with van der Waals surface area (Å²) in [4.78, 5) is 2.39. The van der Waals surface area contributed by atoms with Crippen LogP contribution in [0, 0.1) is 0 Å². The van der Waals surface area contributed by atoms with E-state index in [1.807, 2.05) is 6.08 Å². The third-order valence-electron chi connectivity index (χ3n) is 2.16. The maximum absolute atomic E-state index is 5.63. The second kappa shape index (κ2) is 5.37. The zero-order valence-corrected chi connectivity index (χ0v) is 8.57. The van der Waals surface area contributed by atoms with E-state index in [4.69, 9.17) is 10.5 Å². The topological polar surface area (TPSA) is 38.5 Å². The van der Waals surface area contributed by atoms with Gasteiger partial charge in [-0.25, -0.2) is 0 Å². The summed E-state index contributed by atoms with van der Waals surface area (Å²) in [5.74, 6) is 0. The number of nitrogens with zero attached hydrogens (tertiary/aromatic N) is 1. The molecular weight excluding hydrogens is 164 g/mol. The summed E-state index contributed by atoms with van der Waals surface area (Å²) in [5, 5.41) is 0. The second-order valence-corrected chi connectivity index (χ2v) is 3.68. The minimum Gasteiger partial charge on any atom is -0.373 e. The molecule has 13 heavy (non-hydrogen) atoms. The Morgan fingerprint density at radius 1 is 1.31 bits per heavy atom. The van der Waals surface area contributed by atoms with E-state index in [1.165, 1.54) is 0 Å². The highest BCUT2D eigenvalue weighted by molar-refractivity contribution is 4.87. The predicted molar refractivity (Wildman–Crippen MR) is 54.6 cm³/mol. The largest absolute Gasteiger partial charge is 0.373 e. The van der Waals surface area contributed by atoms with E-state index in [0.29, 0.717) is 18.8 Å². The average Bonchev–Trinajstić information content (AvgIpc) is 2.03. The SMILES string of the molecule is C[C@@H]1CN(C/C=C/CN)C[C@H](C)O1. The third kappa shape index (κ3) is 3.89. The van der Waals surface area contributed by atoms with Crippen LogP contribution in [0.1, 0.15) is 13.8 Å². The van der Waals surface area contributed by atoms with E-state index in [-0.39, 0.29) is 0 Å². The molecule has 3 nitrogen and oxygen atoms in total. The molecule has 0 aromatic carbocycles. The lowest BCUT2D eigenvalue weighted by atomic mass is 10.2. The third-order valence-corrected chi connectivity index (χ3v) is 2.16. The van der Waals surface area contributed by atoms with E-state index >= 15 is 0 Å². The van der Waals surface area contributed by atoms with Crippen molar-refractivity contribution in [1.29, 1.82) is 0 Å². The van der Waals surface area contributed by atoms with Crippen LogP contribution in [-0.2, 0) is 4.74 Å². The van der Waals surface area contributed by atoms with Gasteiger partial charge in [0.1, 0.15) is 0 Å². The van der Waals surface area contributed by atoms with Gasteiger partial charge in [-0.2, -0.15) is 0 Å². The van der Waals surface area contributed by atoms with Crippen LogP contribution in [0.2, 0.25) is 0 Å². The molecule has 3 heteroatoms. The normalized spacial score (nSPS) is 31.3. The van der Waals surface area contributed by atoms with Crippen molar-refractivity contribution in [3.05, 3.63) is 12.2 Å². The highest BCUT2D eigenvalue weighted by atomic mass is 16.5. The fourth-order valence-corrected chi connectivity index (χ4v) is 1.75. The zero-order valence-electron chi connectivity index (χ0n) is 8.57. The Hall–Kier alpha value is -0.380. The Kier molecular flexibility index (Phi) is 4.42. The van der Waals surface area contributed by atoms with Gasteiger partial charge in [-0.15, -0.1) is 0 Å². The molecule has 0 aliphatic carbocycles. The van der Waals surface area contributed by atoms with Crippen molar-refractivity contribution in [2.45, 2.75) is 26.1 Å². The van der Waals surface area contributed by atoms with Gasteiger partial charge in [-0.3, -0.25) is 4.90 Å². The van der Waals surface area contributed by atoms with Crippen LogP contribution in [0.25, 0.3) is 0 Å². The summed E-state index contributed by atoms with van der Waals surface area (Å²) < 4.78 is 5.63. The molecule has 1 aliphatic heterocycles. The molecule has 0 saturated carbocycles. The van der Waals surface area contributed by atoms with E-state index in [1.54, 1.807) is 0 Å². The number of hydrogen-bond donors (Lipinski definition) is 1. The molecule has 1 fully saturated rings. The molecule has 0 radical (unpaired) electrons. The van der Waals surface area contributed by atoms with Gasteiger partial charge in [0.25, 0.3) is 0 Å². The quantitative estimate of drug-likeness (QED) is 0.653. The molecule has 1 aliphatic rings. The summed E-state index contributed by atoms with van der Waals surface area (Å²) in [6, 6.07) is 0. The predicted octanol–water partition coefficient (Wildman–Crippen LogP) is 0.611. The van der Waals surface area contributed by atoms with Gasteiger partial charge in [0.2, 0.25) is 0 Å². The van der Waals surface area contributed by atoms with Crippen molar-refractivity contribution in [3.8, 4) is 0 Å². The molecule has 0 aromatic rings. The smallest absolute Gasteiger partial charge is 0.0678 e. The molecule has 0 spiro atoms. The minimum absolute atomic E-state index is 0.357. The lowest BCUT2D eigenvalue weighted by molar-refractivity contribution is -0.0646. The van der Waals surface area contributed by atoms with E-state index in [0.717, 1.165) is 19.6 Å². The molecule has 0 unspecified atom stereocenters. The van der Waals surface area contributed by atoms with Crippen molar-refractivity contribution in [2.75, 3.05) is 26.2 Å². The number of hydrogen-bond acceptors (Lipinski definition) is 3. The molecule has 0 aromatic heterocycles. The first-order valence-electron chi connectivity index (χ1n) is 4.95. The molecular formula is C10H20N2O. The molecule has 1 saturated heterocycles. The highest BCUT2D eigenvalue weighted by Crippen LogP contribution is 2.09. The van der Waals surface area contributed by atoms with Gasteiger partial charge >= 0.3 is 0 Å². The molecule has 1 rings (SSSR count). The van der Waals surface area contributed by atoms with E-state index in [2.05, 4.69) is 24.8 Å². The Bertz CT molecular complexity index is 160.